The molecule has 0 aliphatic heterocycles. The summed E-state index contributed by atoms with van der Waals surface area (Å²) >= 11 is 3.51. The fourth-order valence-corrected chi connectivity index (χ4v) is 2.47. The van der Waals surface area contributed by atoms with Crippen LogP contribution in [0.25, 0.3) is 0 Å². The minimum absolute atomic E-state index is 0.802. The molecule has 3 heteroatoms. The maximum absolute atomic E-state index is 5.95. The van der Waals surface area contributed by atoms with Crippen LogP contribution in [-0.2, 0) is 6.42 Å². The molecule has 0 atom stereocenters. The average molecular weight is 319 g/mol. The molecule has 100 valence electrons. The van der Waals surface area contributed by atoms with Crippen molar-refractivity contribution in [2.24, 2.45) is 0 Å². The van der Waals surface area contributed by atoms with Crippen molar-refractivity contribution in [2.45, 2.75) is 20.3 Å². The molecule has 2 rings (SSSR count). The maximum Gasteiger partial charge on any atom is 0.0576 e. The van der Waals surface area contributed by atoms with Crippen LogP contribution >= 0.6 is 15.9 Å². The molecule has 0 spiro atoms. The smallest absolute Gasteiger partial charge is 0.0576 e. The number of nitrogen functional groups attached to an aromatic ring is 1. The van der Waals surface area contributed by atoms with E-state index in [2.05, 4.69) is 59.4 Å². The van der Waals surface area contributed by atoms with Gasteiger partial charge >= 0.3 is 0 Å². The third kappa shape index (κ3) is 3.74. The molecule has 0 saturated heterocycles. The molecule has 2 nitrogen and oxygen atoms in total. The van der Waals surface area contributed by atoms with Gasteiger partial charge in [-0.05, 0) is 61.2 Å². The van der Waals surface area contributed by atoms with Crippen LogP contribution in [-0.4, -0.2) is 6.54 Å². The number of hydrogen-bond acceptors (Lipinski definition) is 2. The van der Waals surface area contributed by atoms with Crippen LogP contribution in [0, 0.1) is 13.8 Å². The monoisotopic (exact) mass is 318 g/mol. The predicted octanol–water partition coefficient (Wildman–Crippen LogP) is 4.30. The van der Waals surface area contributed by atoms with Gasteiger partial charge in [-0.25, -0.2) is 0 Å². The Labute approximate surface area is 123 Å². The first-order valence-corrected chi connectivity index (χ1v) is 7.20. The van der Waals surface area contributed by atoms with E-state index in [0.717, 1.165) is 28.8 Å². The number of nitrogens with one attached hydrogen (secondary N) is 1. The quantitative estimate of drug-likeness (QED) is 0.825. The molecule has 0 aromatic heterocycles. The van der Waals surface area contributed by atoms with Crippen LogP contribution in [0.2, 0.25) is 0 Å². The van der Waals surface area contributed by atoms with Gasteiger partial charge in [-0.1, -0.05) is 28.1 Å². The van der Waals surface area contributed by atoms with E-state index in [9.17, 15) is 0 Å². The summed E-state index contributed by atoms with van der Waals surface area (Å²) in [6.07, 6.45) is 0.985. The van der Waals surface area contributed by atoms with Gasteiger partial charge in [-0.15, -0.1) is 0 Å². The van der Waals surface area contributed by atoms with E-state index in [1.54, 1.807) is 0 Å². The molecule has 2 aromatic carbocycles. The molecule has 0 unspecified atom stereocenters. The highest BCUT2D eigenvalue weighted by Crippen LogP contribution is 2.20. The van der Waals surface area contributed by atoms with Crippen LogP contribution in [0.3, 0.4) is 0 Å². The number of halogens is 1. The van der Waals surface area contributed by atoms with Crippen molar-refractivity contribution >= 4 is 27.3 Å². The van der Waals surface area contributed by atoms with Crippen molar-refractivity contribution in [3.8, 4) is 0 Å². The van der Waals surface area contributed by atoms with E-state index in [0.29, 0.717) is 0 Å². The summed E-state index contributed by atoms with van der Waals surface area (Å²) in [6.45, 7) is 5.09. The van der Waals surface area contributed by atoms with E-state index in [4.69, 9.17) is 5.73 Å². The Balaban J connectivity index is 2.00. The molecular weight excluding hydrogens is 300 g/mol. The van der Waals surface area contributed by atoms with Crippen molar-refractivity contribution < 1.29 is 0 Å². The fraction of sp³-hybridized carbons (Fsp3) is 0.250. The molecule has 0 amide bonds. The minimum atomic E-state index is 0.802. The first-order chi connectivity index (χ1) is 9.06. The highest BCUT2D eigenvalue weighted by Gasteiger charge is 2.01. The first kappa shape index (κ1) is 13.9. The van der Waals surface area contributed by atoms with Gasteiger partial charge in [0.25, 0.3) is 0 Å². The van der Waals surface area contributed by atoms with Crippen molar-refractivity contribution in [1.29, 1.82) is 0 Å². The summed E-state index contributed by atoms with van der Waals surface area (Å²) in [7, 11) is 0. The lowest BCUT2D eigenvalue weighted by Crippen LogP contribution is -2.07. The summed E-state index contributed by atoms with van der Waals surface area (Å²) in [4.78, 5) is 0. The third-order valence-electron chi connectivity index (χ3n) is 3.23. The Kier molecular flexibility index (Phi) is 4.48. The lowest BCUT2D eigenvalue weighted by molar-refractivity contribution is 1.00. The van der Waals surface area contributed by atoms with Gasteiger partial charge in [0, 0.05) is 11.0 Å². The topological polar surface area (TPSA) is 38.0 Å². The normalized spacial score (nSPS) is 10.5. The van der Waals surface area contributed by atoms with Crippen molar-refractivity contribution in [3.05, 3.63) is 57.6 Å². The Morgan fingerprint density at radius 2 is 1.89 bits per heavy atom. The molecule has 19 heavy (non-hydrogen) atoms. The fourth-order valence-electron chi connectivity index (χ4n) is 2.06. The Bertz CT molecular complexity index is 527. The third-order valence-corrected chi connectivity index (χ3v) is 3.72. The maximum atomic E-state index is 5.95. The zero-order valence-electron chi connectivity index (χ0n) is 11.3. The van der Waals surface area contributed by atoms with Gasteiger partial charge in [-0.2, -0.15) is 0 Å². The predicted molar refractivity (Wildman–Crippen MR) is 86.7 cm³/mol. The minimum Gasteiger partial charge on any atom is -0.397 e. The molecule has 0 fully saturated rings. The largest absolute Gasteiger partial charge is 0.397 e. The van der Waals surface area contributed by atoms with Crippen LogP contribution < -0.4 is 11.1 Å². The zero-order chi connectivity index (χ0) is 13.8. The van der Waals surface area contributed by atoms with Crippen LogP contribution in [0.15, 0.2) is 40.9 Å². The second kappa shape index (κ2) is 6.11. The molecular formula is C16H19BrN2. The average Bonchev–Trinajstić information content (AvgIpc) is 2.38. The van der Waals surface area contributed by atoms with E-state index in [-0.39, 0.29) is 0 Å². The van der Waals surface area contributed by atoms with Gasteiger partial charge in [0.2, 0.25) is 0 Å². The number of rotatable bonds is 4. The van der Waals surface area contributed by atoms with Crippen LogP contribution in [0.5, 0.6) is 0 Å². The van der Waals surface area contributed by atoms with Gasteiger partial charge < -0.3 is 11.1 Å². The van der Waals surface area contributed by atoms with Crippen molar-refractivity contribution in [1.82, 2.24) is 0 Å². The number of aryl methyl sites for hydroxylation is 2. The number of anilines is 2. The SMILES string of the molecule is Cc1ccc(N)c(NCCc2cc(Br)ccc2C)c1. The molecule has 0 aliphatic carbocycles. The molecule has 0 radical (unpaired) electrons. The van der Waals surface area contributed by atoms with E-state index < -0.39 is 0 Å². The Morgan fingerprint density at radius 3 is 2.68 bits per heavy atom. The molecule has 0 aliphatic rings. The summed E-state index contributed by atoms with van der Waals surface area (Å²) in [5, 5.41) is 3.41. The second-order valence-electron chi connectivity index (χ2n) is 4.84. The van der Waals surface area contributed by atoms with Gasteiger partial charge in [-0.3, -0.25) is 0 Å². The van der Waals surface area contributed by atoms with Crippen LogP contribution in [0.1, 0.15) is 16.7 Å². The van der Waals surface area contributed by atoms with Crippen LogP contribution in [0.4, 0.5) is 11.4 Å². The summed E-state index contributed by atoms with van der Waals surface area (Å²) in [6, 6.07) is 12.5. The lowest BCUT2D eigenvalue weighted by Gasteiger charge is -2.11. The highest BCUT2D eigenvalue weighted by molar-refractivity contribution is 9.10. The summed E-state index contributed by atoms with van der Waals surface area (Å²) < 4.78 is 1.13. The molecule has 0 bridgehead atoms. The Hall–Kier alpha value is -1.48. The summed E-state index contributed by atoms with van der Waals surface area (Å²) in [5.74, 6) is 0. The molecule has 3 N–H and O–H groups in total. The molecule has 0 saturated carbocycles. The summed E-state index contributed by atoms with van der Waals surface area (Å²) in [5.41, 5.74) is 11.7. The Morgan fingerprint density at radius 1 is 1.11 bits per heavy atom. The second-order valence-corrected chi connectivity index (χ2v) is 5.75. The van der Waals surface area contributed by atoms with E-state index in [1.165, 1.54) is 16.7 Å². The van der Waals surface area contributed by atoms with E-state index >= 15 is 0 Å². The number of nitrogens with two attached hydrogens (primary N) is 1. The highest BCUT2D eigenvalue weighted by atomic mass is 79.9. The van der Waals surface area contributed by atoms with Crippen molar-refractivity contribution in [2.75, 3.05) is 17.6 Å². The lowest BCUT2D eigenvalue weighted by atomic mass is 10.1. The van der Waals surface area contributed by atoms with Crippen molar-refractivity contribution in [3.63, 3.8) is 0 Å². The standard InChI is InChI=1S/C16H19BrN2/c1-11-3-6-15(18)16(9-11)19-8-7-13-10-14(17)5-4-12(13)2/h3-6,9-10,19H,7-8,18H2,1-2H3. The zero-order valence-corrected chi connectivity index (χ0v) is 12.9. The van der Waals surface area contributed by atoms with Gasteiger partial charge in [0.1, 0.15) is 0 Å². The van der Waals surface area contributed by atoms with Gasteiger partial charge in [0.05, 0.1) is 11.4 Å². The number of benzene rings is 2. The molecule has 2 aromatic rings. The van der Waals surface area contributed by atoms with Gasteiger partial charge in [0.15, 0.2) is 0 Å². The number of hydrogen-bond donors (Lipinski definition) is 2. The first-order valence-electron chi connectivity index (χ1n) is 6.41. The van der Waals surface area contributed by atoms with E-state index in [1.807, 2.05) is 12.1 Å². The molecule has 0 heterocycles.